The number of carbonyl (C=O) groups excluding carboxylic acids is 2. The van der Waals surface area contributed by atoms with Crippen molar-refractivity contribution >= 4 is 47.0 Å². The summed E-state index contributed by atoms with van der Waals surface area (Å²) >= 11 is 2.81. The first-order valence-corrected chi connectivity index (χ1v) is 11.8. The van der Waals surface area contributed by atoms with Gasteiger partial charge in [-0.2, -0.15) is 5.10 Å². The van der Waals surface area contributed by atoms with Crippen molar-refractivity contribution in [3.8, 4) is 0 Å². The topological polar surface area (TPSA) is 143 Å². The van der Waals surface area contributed by atoms with Gasteiger partial charge in [0.15, 0.2) is 5.16 Å². The van der Waals surface area contributed by atoms with E-state index in [9.17, 15) is 19.5 Å². The second-order valence-electron chi connectivity index (χ2n) is 7.44. The molecule has 2 aromatic rings. The molecule has 0 bridgehead atoms. The fourth-order valence-electron chi connectivity index (χ4n) is 3.66. The van der Waals surface area contributed by atoms with Crippen molar-refractivity contribution in [2.45, 2.75) is 29.9 Å². The third-order valence-electron chi connectivity index (χ3n) is 5.18. The zero-order valence-corrected chi connectivity index (χ0v) is 19.1. The van der Waals surface area contributed by atoms with E-state index in [2.05, 4.69) is 15.4 Å². The third kappa shape index (κ3) is 4.19. The highest BCUT2D eigenvalue weighted by molar-refractivity contribution is 8.01. The first-order chi connectivity index (χ1) is 15.3. The number of aromatic nitrogens is 3. The zero-order valence-electron chi connectivity index (χ0n) is 17.4. The Morgan fingerprint density at radius 2 is 2.12 bits per heavy atom. The Labute approximate surface area is 192 Å². The van der Waals surface area contributed by atoms with E-state index in [0.29, 0.717) is 39.3 Å². The molecule has 1 fully saturated rings. The van der Waals surface area contributed by atoms with Crippen LogP contribution in [-0.4, -0.2) is 65.5 Å². The van der Waals surface area contributed by atoms with E-state index in [1.165, 1.54) is 28.4 Å². The fraction of sp³-hybridized carbons (Fsp3) is 0.350. The van der Waals surface area contributed by atoms with Gasteiger partial charge in [-0.15, -0.1) is 11.8 Å². The smallest absolute Gasteiger partial charge is 0.352 e. The molecule has 1 aromatic carbocycles. The number of aryl methyl sites for hydroxylation is 2. The molecule has 2 atom stereocenters. The molecule has 3 heterocycles. The number of fused-ring (bicyclic) bond motifs is 1. The summed E-state index contributed by atoms with van der Waals surface area (Å²) in [5, 5.41) is 16.9. The van der Waals surface area contributed by atoms with Crippen molar-refractivity contribution in [1.29, 1.82) is 0 Å². The maximum Gasteiger partial charge on any atom is 0.352 e. The number of benzene rings is 1. The van der Waals surface area contributed by atoms with E-state index in [-0.39, 0.29) is 18.0 Å². The highest BCUT2D eigenvalue weighted by Gasteiger charge is 2.54. The molecule has 10 nitrogen and oxygen atoms in total. The summed E-state index contributed by atoms with van der Waals surface area (Å²) in [4.78, 5) is 42.8. The number of hydrogen-bond acceptors (Lipinski definition) is 8. The summed E-state index contributed by atoms with van der Waals surface area (Å²) in [6, 6.07) is 6.28. The Kier molecular flexibility index (Phi) is 6.15. The lowest BCUT2D eigenvalue weighted by Crippen LogP contribution is -2.70. The lowest BCUT2D eigenvalue weighted by Gasteiger charge is -2.49. The molecular formula is C20H22N6O4S2. The molecule has 168 valence electrons. The summed E-state index contributed by atoms with van der Waals surface area (Å²) in [5.41, 5.74) is 7.69. The monoisotopic (exact) mass is 474 g/mol. The minimum atomic E-state index is -1.16. The highest BCUT2D eigenvalue weighted by atomic mass is 32.2. The van der Waals surface area contributed by atoms with Crippen LogP contribution in [0.5, 0.6) is 0 Å². The lowest BCUT2D eigenvalue weighted by atomic mass is 10.0. The molecule has 4 rings (SSSR count). The van der Waals surface area contributed by atoms with Crippen LogP contribution in [-0.2, 0) is 27.9 Å². The molecule has 12 heteroatoms. The molecule has 4 N–H and O–H groups in total. The highest BCUT2D eigenvalue weighted by Crippen LogP contribution is 2.41. The third-order valence-corrected chi connectivity index (χ3v) is 7.62. The van der Waals surface area contributed by atoms with Gasteiger partial charge in [0.05, 0.1) is 6.42 Å². The van der Waals surface area contributed by atoms with E-state index in [1.54, 1.807) is 42.9 Å². The Hall–Kier alpha value is -2.99. The maximum atomic E-state index is 12.8. The van der Waals surface area contributed by atoms with E-state index < -0.39 is 23.3 Å². The van der Waals surface area contributed by atoms with Crippen LogP contribution in [0.2, 0.25) is 0 Å². The van der Waals surface area contributed by atoms with Crippen molar-refractivity contribution in [2.75, 3.05) is 17.2 Å². The number of rotatable bonds is 7. The quantitative estimate of drug-likeness (QED) is 0.301. The van der Waals surface area contributed by atoms with Crippen LogP contribution in [0.3, 0.4) is 0 Å². The van der Waals surface area contributed by atoms with Crippen molar-refractivity contribution in [1.82, 2.24) is 25.0 Å². The average Bonchev–Trinajstić information content (AvgIpc) is 3.08. The molecule has 1 saturated heterocycles. The van der Waals surface area contributed by atoms with Gasteiger partial charge < -0.3 is 16.2 Å². The molecule has 0 aliphatic carbocycles. The van der Waals surface area contributed by atoms with Gasteiger partial charge in [-0.3, -0.25) is 14.5 Å². The number of para-hydroxylation sites is 1. The minimum Gasteiger partial charge on any atom is -0.477 e. The number of nitrogens with two attached hydrogens (primary N) is 1. The van der Waals surface area contributed by atoms with E-state index in [0.717, 1.165) is 0 Å². The zero-order chi connectivity index (χ0) is 23.0. The van der Waals surface area contributed by atoms with Crippen molar-refractivity contribution in [3.63, 3.8) is 0 Å². The van der Waals surface area contributed by atoms with Crippen LogP contribution < -0.4 is 11.1 Å². The molecule has 0 spiro atoms. The van der Waals surface area contributed by atoms with Crippen molar-refractivity contribution < 1.29 is 19.5 Å². The van der Waals surface area contributed by atoms with E-state index in [1.807, 2.05) is 0 Å². The second-order valence-corrected chi connectivity index (χ2v) is 9.49. The van der Waals surface area contributed by atoms with Crippen LogP contribution in [0.1, 0.15) is 11.4 Å². The molecular weight excluding hydrogens is 452 g/mol. The van der Waals surface area contributed by atoms with Crippen molar-refractivity contribution in [2.24, 2.45) is 7.05 Å². The second kappa shape index (κ2) is 8.87. The van der Waals surface area contributed by atoms with Gasteiger partial charge >= 0.3 is 5.97 Å². The summed E-state index contributed by atoms with van der Waals surface area (Å²) in [5.74, 6) is -0.462. The van der Waals surface area contributed by atoms with Crippen LogP contribution >= 0.6 is 23.5 Å². The number of nitrogen functional groups attached to an aromatic ring is 1. The SMILES string of the molecule is Cc1nc(SCC2=C(C(=O)O)N3C(=O)C(NC(=O)Cc4ccccc4N)[C@@H]3SC2)n(C)n1. The number of nitrogens with one attached hydrogen (secondary N) is 1. The number of carboxylic acid groups (broad SMARTS) is 1. The number of nitrogens with zero attached hydrogens (tertiary/aromatic N) is 4. The number of amides is 2. The van der Waals surface area contributed by atoms with E-state index >= 15 is 0 Å². The standard InChI is InChI=1S/C20H22N6O4S2/c1-10-22-20(25(2)24-10)32-9-12-8-31-18-15(17(28)26(18)16(12)19(29)30)23-14(27)7-11-5-3-4-6-13(11)21/h3-6,15,18H,7-9,21H2,1-2H3,(H,23,27)(H,29,30)/t15?,18-/m0/s1. The van der Waals surface area contributed by atoms with Crippen LogP contribution in [0.25, 0.3) is 0 Å². The van der Waals surface area contributed by atoms with Crippen LogP contribution in [0.4, 0.5) is 5.69 Å². The molecule has 1 unspecified atom stereocenters. The molecule has 2 amide bonds. The van der Waals surface area contributed by atoms with Gasteiger partial charge in [0, 0.05) is 24.2 Å². The molecule has 2 aliphatic rings. The average molecular weight is 475 g/mol. The first kappa shape index (κ1) is 22.2. The summed E-state index contributed by atoms with van der Waals surface area (Å²) in [6.07, 6.45) is 0.0501. The van der Waals surface area contributed by atoms with Gasteiger partial charge in [-0.05, 0) is 24.1 Å². The van der Waals surface area contributed by atoms with Gasteiger partial charge in [-0.1, -0.05) is 30.0 Å². The number of carboxylic acids is 1. The molecule has 0 saturated carbocycles. The lowest BCUT2D eigenvalue weighted by molar-refractivity contribution is -0.150. The van der Waals surface area contributed by atoms with Gasteiger partial charge in [-0.25, -0.2) is 14.5 Å². The molecule has 0 radical (unpaired) electrons. The minimum absolute atomic E-state index is 0.0112. The van der Waals surface area contributed by atoms with Gasteiger partial charge in [0.1, 0.15) is 22.9 Å². The number of β-lactam (4-membered cyclic amide) rings is 1. The van der Waals surface area contributed by atoms with E-state index in [4.69, 9.17) is 5.73 Å². The molecule has 1 aromatic heterocycles. The summed E-state index contributed by atoms with van der Waals surface area (Å²) in [7, 11) is 1.77. The number of anilines is 1. The van der Waals surface area contributed by atoms with Crippen molar-refractivity contribution in [3.05, 3.63) is 46.9 Å². The summed E-state index contributed by atoms with van der Waals surface area (Å²) in [6.45, 7) is 1.78. The number of hydrogen-bond donors (Lipinski definition) is 3. The number of carbonyl (C=O) groups is 3. The predicted molar refractivity (Wildman–Crippen MR) is 121 cm³/mol. The molecule has 32 heavy (non-hydrogen) atoms. The Bertz CT molecular complexity index is 1130. The maximum absolute atomic E-state index is 12.8. The normalized spacial score (nSPS) is 20.1. The summed E-state index contributed by atoms with van der Waals surface area (Å²) < 4.78 is 1.64. The Morgan fingerprint density at radius 3 is 2.78 bits per heavy atom. The Morgan fingerprint density at radius 1 is 1.38 bits per heavy atom. The van der Waals surface area contributed by atoms with Gasteiger partial charge in [0.2, 0.25) is 5.91 Å². The number of aliphatic carboxylic acids is 1. The molecule has 2 aliphatic heterocycles. The Balaban J connectivity index is 1.45. The van der Waals surface area contributed by atoms with Gasteiger partial charge in [0.25, 0.3) is 5.91 Å². The predicted octanol–water partition coefficient (Wildman–Crippen LogP) is 0.779. The largest absolute Gasteiger partial charge is 0.477 e. The number of thioether (sulfide) groups is 2. The van der Waals surface area contributed by atoms with Crippen LogP contribution in [0, 0.1) is 6.92 Å². The fourth-order valence-corrected chi connectivity index (χ4v) is 6.10. The first-order valence-electron chi connectivity index (χ1n) is 9.79. The van der Waals surface area contributed by atoms with Crippen LogP contribution in [0.15, 0.2) is 40.7 Å².